The number of aryl methyl sites for hydroxylation is 1. The summed E-state index contributed by atoms with van der Waals surface area (Å²) in [5.74, 6) is -0.377. The van der Waals surface area contributed by atoms with Gasteiger partial charge in [0.2, 0.25) is 10.0 Å². The highest BCUT2D eigenvalue weighted by molar-refractivity contribution is 7.89. The number of hydrogen-bond acceptors (Lipinski definition) is 3. The number of amides is 1. The van der Waals surface area contributed by atoms with E-state index in [0.717, 1.165) is 30.4 Å². The van der Waals surface area contributed by atoms with Crippen molar-refractivity contribution in [1.29, 1.82) is 0 Å². The van der Waals surface area contributed by atoms with Crippen molar-refractivity contribution in [3.63, 3.8) is 0 Å². The maximum Gasteiger partial charge on any atom is 0.253 e. The Bertz CT molecular complexity index is 968. The molecule has 1 aliphatic rings. The third kappa shape index (κ3) is 5.00. The predicted molar refractivity (Wildman–Crippen MR) is 116 cm³/mol. The van der Waals surface area contributed by atoms with E-state index in [1.165, 1.54) is 22.5 Å². The topological polar surface area (TPSA) is 66.5 Å². The molecule has 1 amide bonds. The molecule has 1 fully saturated rings. The zero-order valence-electron chi connectivity index (χ0n) is 16.8. The summed E-state index contributed by atoms with van der Waals surface area (Å²) >= 11 is 6.25. The minimum Gasteiger partial charge on any atom is -0.345 e. The highest BCUT2D eigenvalue weighted by Gasteiger charge is 2.27. The van der Waals surface area contributed by atoms with Crippen LogP contribution in [0.25, 0.3) is 0 Å². The van der Waals surface area contributed by atoms with Gasteiger partial charge in [-0.15, -0.1) is 0 Å². The van der Waals surface area contributed by atoms with Crippen molar-refractivity contribution in [2.24, 2.45) is 0 Å². The molecule has 0 radical (unpaired) electrons. The van der Waals surface area contributed by atoms with Crippen LogP contribution in [0.1, 0.15) is 60.1 Å². The zero-order chi connectivity index (χ0) is 21.0. The second kappa shape index (κ2) is 9.28. The van der Waals surface area contributed by atoms with Crippen LogP contribution in [0.4, 0.5) is 0 Å². The maximum absolute atomic E-state index is 13.0. The molecule has 156 valence electrons. The van der Waals surface area contributed by atoms with Crippen molar-refractivity contribution in [3.05, 3.63) is 64.2 Å². The van der Waals surface area contributed by atoms with Crippen LogP contribution in [-0.2, 0) is 10.0 Å². The number of halogens is 1. The highest BCUT2D eigenvalue weighted by atomic mass is 35.5. The van der Waals surface area contributed by atoms with Crippen LogP contribution in [0.2, 0.25) is 5.02 Å². The van der Waals surface area contributed by atoms with E-state index >= 15 is 0 Å². The molecule has 0 spiro atoms. The average Bonchev–Trinajstić information content (AvgIpc) is 2.73. The molecular weight excluding hydrogens is 408 g/mol. The number of hydrogen-bond donors (Lipinski definition) is 1. The Morgan fingerprint density at radius 2 is 1.76 bits per heavy atom. The van der Waals surface area contributed by atoms with Crippen molar-refractivity contribution in [2.75, 3.05) is 13.1 Å². The number of nitrogens with one attached hydrogen (secondary N) is 1. The summed E-state index contributed by atoms with van der Waals surface area (Å²) in [6.45, 7) is 5.02. The van der Waals surface area contributed by atoms with Crippen molar-refractivity contribution in [1.82, 2.24) is 9.62 Å². The van der Waals surface area contributed by atoms with E-state index in [1.807, 2.05) is 38.1 Å². The molecule has 2 aromatic rings. The number of nitrogens with zero attached hydrogens (tertiary/aromatic N) is 1. The van der Waals surface area contributed by atoms with Crippen LogP contribution in [0.3, 0.4) is 0 Å². The third-order valence-electron chi connectivity index (χ3n) is 5.33. The van der Waals surface area contributed by atoms with E-state index < -0.39 is 10.0 Å². The summed E-state index contributed by atoms with van der Waals surface area (Å²) in [5.41, 5.74) is 2.32. The summed E-state index contributed by atoms with van der Waals surface area (Å²) in [6.07, 6.45) is 3.46. The van der Waals surface area contributed by atoms with Crippen molar-refractivity contribution in [2.45, 2.75) is 50.5 Å². The Morgan fingerprint density at radius 3 is 2.38 bits per heavy atom. The molecule has 1 atom stereocenters. The molecule has 1 saturated heterocycles. The van der Waals surface area contributed by atoms with Gasteiger partial charge in [-0.3, -0.25) is 4.79 Å². The van der Waals surface area contributed by atoms with E-state index in [2.05, 4.69) is 5.32 Å². The lowest BCUT2D eigenvalue weighted by Crippen LogP contribution is -2.35. The number of carbonyl (C=O) groups excluding carboxylic acids is 1. The van der Waals surface area contributed by atoms with Gasteiger partial charge in [-0.2, -0.15) is 4.31 Å². The monoisotopic (exact) mass is 434 g/mol. The molecular formula is C22H27ClN2O3S. The molecule has 1 aliphatic heterocycles. The van der Waals surface area contributed by atoms with Crippen LogP contribution in [-0.4, -0.2) is 31.7 Å². The summed E-state index contributed by atoms with van der Waals surface area (Å²) in [6, 6.07) is 12.2. The van der Waals surface area contributed by atoms with Crippen molar-refractivity contribution < 1.29 is 13.2 Å². The van der Waals surface area contributed by atoms with E-state index in [-0.39, 0.29) is 27.4 Å². The Hall–Kier alpha value is -1.89. The molecule has 1 unspecified atom stereocenters. The number of benzene rings is 2. The lowest BCUT2D eigenvalue weighted by atomic mass is 10.0. The molecule has 3 rings (SSSR count). The third-order valence-corrected chi connectivity index (χ3v) is 7.55. The molecule has 7 heteroatoms. The molecule has 2 aromatic carbocycles. The van der Waals surface area contributed by atoms with Gasteiger partial charge in [0.25, 0.3) is 5.91 Å². The zero-order valence-corrected chi connectivity index (χ0v) is 18.4. The normalized spacial score (nSPS) is 16.4. The SMILES string of the molecule is CCC(NC(=O)c1cc(S(=O)(=O)N2CCCCC2)ccc1Cl)c1ccc(C)cc1. The van der Waals surface area contributed by atoms with Crippen molar-refractivity contribution in [3.8, 4) is 0 Å². The minimum absolute atomic E-state index is 0.109. The highest BCUT2D eigenvalue weighted by Crippen LogP contribution is 2.26. The molecule has 0 bridgehead atoms. The Morgan fingerprint density at radius 1 is 1.10 bits per heavy atom. The lowest BCUT2D eigenvalue weighted by Gasteiger charge is -2.26. The summed E-state index contributed by atoms with van der Waals surface area (Å²) in [5, 5.41) is 3.22. The van der Waals surface area contributed by atoms with E-state index in [0.29, 0.717) is 19.5 Å². The van der Waals surface area contributed by atoms with Crippen LogP contribution >= 0.6 is 11.6 Å². The van der Waals surface area contributed by atoms with Crippen LogP contribution in [0, 0.1) is 6.92 Å². The molecule has 0 saturated carbocycles. The fourth-order valence-electron chi connectivity index (χ4n) is 3.55. The first-order valence-electron chi connectivity index (χ1n) is 10.00. The predicted octanol–water partition coefficient (Wildman–Crippen LogP) is 4.70. The first-order valence-corrected chi connectivity index (χ1v) is 11.8. The van der Waals surface area contributed by atoms with Gasteiger partial charge in [0.15, 0.2) is 0 Å². The second-order valence-electron chi connectivity index (χ2n) is 7.45. The standard InChI is InChI=1S/C22H27ClN2O3S/c1-3-21(17-9-7-16(2)8-10-17)24-22(26)19-15-18(11-12-20(19)23)29(27,28)25-13-5-4-6-14-25/h7-12,15,21H,3-6,13-14H2,1-2H3,(H,24,26). The van der Waals surface area contributed by atoms with E-state index in [1.54, 1.807) is 0 Å². The fourth-order valence-corrected chi connectivity index (χ4v) is 5.30. The van der Waals surface area contributed by atoms with Gasteiger partial charge in [-0.25, -0.2) is 8.42 Å². The Kier molecular flexibility index (Phi) is 6.98. The average molecular weight is 435 g/mol. The summed E-state index contributed by atoms with van der Waals surface area (Å²) in [4.78, 5) is 13.0. The molecule has 5 nitrogen and oxygen atoms in total. The summed E-state index contributed by atoms with van der Waals surface area (Å²) in [7, 11) is -3.63. The molecule has 0 aliphatic carbocycles. The first-order chi connectivity index (χ1) is 13.8. The van der Waals surface area contributed by atoms with E-state index in [9.17, 15) is 13.2 Å². The first kappa shape index (κ1) is 21.8. The quantitative estimate of drug-likeness (QED) is 0.716. The summed E-state index contributed by atoms with van der Waals surface area (Å²) < 4.78 is 27.4. The molecule has 29 heavy (non-hydrogen) atoms. The number of piperidine rings is 1. The van der Waals surface area contributed by atoms with Crippen LogP contribution in [0.15, 0.2) is 47.4 Å². The number of carbonyl (C=O) groups is 1. The number of rotatable bonds is 6. The maximum atomic E-state index is 13.0. The molecule has 1 heterocycles. The minimum atomic E-state index is -3.63. The fraction of sp³-hybridized carbons (Fsp3) is 0.409. The Balaban J connectivity index is 1.85. The largest absolute Gasteiger partial charge is 0.345 e. The van der Waals surface area contributed by atoms with Crippen LogP contribution in [0.5, 0.6) is 0 Å². The van der Waals surface area contributed by atoms with Gasteiger partial charge in [-0.05, 0) is 49.9 Å². The molecule has 1 N–H and O–H groups in total. The van der Waals surface area contributed by atoms with Gasteiger partial charge in [-0.1, -0.05) is 54.8 Å². The smallest absolute Gasteiger partial charge is 0.253 e. The van der Waals surface area contributed by atoms with Gasteiger partial charge < -0.3 is 5.32 Å². The Labute approximate surface area is 178 Å². The number of sulfonamides is 1. The van der Waals surface area contributed by atoms with Gasteiger partial charge >= 0.3 is 0 Å². The van der Waals surface area contributed by atoms with Crippen LogP contribution < -0.4 is 5.32 Å². The molecule has 0 aromatic heterocycles. The van der Waals surface area contributed by atoms with Crippen molar-refractivity contribution >= 4 is 27.5 Å². The van der Waals surface area contributed by atoms with Gasteiger partial charge in [0, 0.05) is 13.1 Å². The second-order valence-corrected chi connectivity index (χ2v) is 9.80. The van der Waals surface area contributed by atoms with E-state index in [4.69, 9.17) is 11.6 Å². The lowest BCUT2D eigenvalue weighted by molar-refractivity contribution is 0.0935. The van der Waals surface area contributed by atoms with Gasteiger partial charge in [0.05, 0.1) is 21.5 Å². The van der Waals surface area contributed by atoms with Gasteiger partial charge in [0.1, 0.15) is 0 Å².